The first-order valence-corrected chi connectivity index (χ1v) is 12.7. The fourth-order valence-corrected chi connectivity index (χ4v) is 5.55. The molecule has 13 heteroatoms. The van der Waals surface area contributed by atoms with Crippen molar-refractivity contribution < 1.29 is 31.5 Å². The van der Waals surface area contributed by atoms with Crippen LogP contribution in [0.3, 0.4) is 0 Å². The lowest BCUT2D eigenvalue weighted by Gasteiger charge is -2.42. The zero-order valence-corrected chi connectivity index (χ0v) is 20.4. The highest BCUT2D eigenvalue weighted by molar-refractivity contribution is 7.17. The number of amides is 1. The van der Waals surface area contributed by atoms with Gasteiger partial charge in [0, 0.05) is 31.7 Å². The molecule has 4 rings (SSSR count). The smallest absolute Gasteiger partial charge is 0.372 e. The van der Waals surface area contributed by atoms with Crippen molar-refractivity contribution in [2.75, 3.05) is 44.3 Å². The second-order valence-corrected chi connectivity index (χ2v) is 10.1. The van der Waals surface area contributed by atoms with Gasteiger partial charge in [-0.25, -0.2) is 13.8 Å². The lowest BCUT2D eigenvalue weighted by molar-refractivity contribution is -0.177. The Balaban J connectivity index is 1.23. The largest absolute Gasteiger partial charge is 0.411 e. The minimum Gasteiger partial charge on any atom is -0.372 e. The fourth-order valence-electron chi connectivity index (χ4n) is 4.67. The summed E-state index contributed by atoms with van der Waals surface area (Å²) in [5, 5.41) is 3.30. The average Bonchev–Trinajstić information content (AvgIpc) is 3.33. The number of nitrogens with zero attached hydrogens (tertiary/aromatic N) is 4. The van der Waals surface area contributed by atoms with E-state index < -0.39 is 30.3 Å². The Morgan fingerprint density at radius 3 is 2.64 bits per heavy atom. The van der Waals surface area contributed by atoms with E-state index >= 15 is 0 Å². The van der Waals surface area contributed by atoms with Gasteiger partial charge in [0.05, 0.1) is 31.2 Å². The Labute approximate surface area is 209 Å². The van der Waals surface area contributed by atoms with Crippen molar-refractivity contribution in [2.45, 2.75) is 44.4 Å². The molecule has 0 bridgehead atoms. The van der Waals surface area contributed by atoms with Gasteiger partial charge in [0.15, 0.2) is 5.13 Å². The van der Waals surface area contributed by atoms with Gasteiger partial charge in [-0.05, 0) is 38.1 Å². The van der Waals surface area contributed by atoms with E-state index in [-0.39, 0.29) is 24.8 Å². The predicted octanol–water partition coefficient (Wildman–Crippen LogP) is 4.01. The summed E-state index contributed by atoms with van der Waals surface area (Å²) < 4.78 is 68.6. The van der Waals surface area contributed by atoms with Crippen LogP contribution in [0.25, 0.3) is 0 Å². The van der Waals surface area contributed by atoms with E-state index in [1.165, 1.54) is 17.5 Å². The minimum atomic E-state index is -4.30. The molecule has 0 radical (unpaired) electrons. The third-order valence-electron chi connectivity index (χ3n) is 6.44. The van der Waals surface area contributed by atoms with E-state index in [9.17, 15) is 26.7 Å². The van der Waals surface area contributed by atoms with Crippen molar-refractivity contribution in [3.8, 4) is 0 Å². The molecule has 2 saturated heterocycles. The first-order valence-electron chi connectivity index (χ1n) is 11.9. The monoisotopic (exact) mass is 533 g/mol. The minimum absolute atomic E-state index is 0.0524. The van der Waals surface area contributed by atoms with Gasteiger partial charge in [-0.2, -0.15) is 13.2 Å². The Morgan fingerprint density at radius 2 is 1.92 bits per heavy atom. The summed E-state index contributed by atoms with van der Waals surface area (Å²) in [5.74, 6) is -1.91. The SMILES string of the molecule is O=C(NCc1ncc(F)cc1F)c1cnc(N2CCC(N3CCC[C@H](COCC(F)(F)F)C3)CC2)s1. The van der Waals surface area contributed by atoms with E-state index in [0.717, 1.165) is 63.2 Å². The van der Waals surface area contributed by atoms with Crippen molar-refractivity contribution in [3.63, 3.8) is 0 Å². The van der Waals surface area contributed by atoms with E-state index in [1.54, 1.807) is 0 Å². The van der Waals surface area contributed by atoms with Crippen LogP contribution in [-0.2, 0) is 11.3 Å². The van der Waals surface area contributed by atoms with Crippen LogP contribution in [0.4, 0.5) is 27.1 Å². The molecule has 0 aliphatic carbocycles. The van der Waals surface area contributed by atoms with Crippen LogP contribution in [0.1, 0.15) is 41.0 Å². The van der Waals surface area contributed by atoms with Crippen molar-refractivity contribution in [2.24, 2.45) is 5.92 Å². The van der Waals surface area contributed by atoms with Gasteiger partial charge in [-0.1, -0.05) is 11.3 Å². The topological polar surface area (TPSA) is 70.6 Å². The van der Waals surface area contributed by atoms with Crippen LogP contribution in [-0.4, -0.2) is 72.4 Å². The number of alkyl halides is 3. The number of likely N-dealkylation sites (tertiary alicyclic amines) is 1. The maximum absolute atomic E-state index is 13.7. The molecule has 198 valence electrons. The van der Waals surface area contributed by atoms with E-state index in [0.29, 0.717) is 17.0 Å². The van der Waals surface area contributed by atoms with Crippen molar-refractivity contribution in [3.05, 3.63) is 40.7 Å². The average molecular weight is 534 g/mol. The van der Waals surface area contributed by atoms with E-state index in [4.69, 9.17) is 4.74 Å². The van der Waals surface area contributed by atoms with Crippen LogP contribution in [0.5, 0.6) is 0 Å². The summed E-state index contributed by atoms with van der Waals surface area (Å²) >= 11 is 1.24. The highest BCUT2D eigenvalue weighted by atomic mass is 32.1. The Hall–Kier alpha value is -2.38. The molecule has 0 saturated carbocycles. The molecule has 1 atom stereocenters. The van der Waals surface area contributed by atoms with Gasteiger partial charge in [0.25, 0.3) is 5.91 Å². The van der Waals surface area contributed by atoms with Crippen LogP contribution in [0.2, 0.25) is 0 Å². The number of aromatic nitrogens is 2. The molecule has 7 nitrogen and oxygen atoms in total. The second kappa shape index (κ2) is 11.8. The number of halogens is 5. The molecule has 2 aliphatic rings. The summed E-state index contributed by atoms with van der Waals surface area (Å²) in [6, 6.07) is 1.07. The molecular formula is C23H28F5N5O2S. The Morgan fingerprint density at radius 1 is 1.14 bits per heavy atom. The van der Waals surface area contributed by atoms with Crippen LogP contribution in [0.15, 0.2) is 18.5 Å². The zero-order chi connectivity index (χ0) is 25.7. The molecule has 0 unspecified atom stereocenters. The van der Waals surface area contributed by atoms with E-state index in [2.05, 4.69) is 25.1 Å². The van der Waals surface area contributed by atoms with Crippen molar-refractivity contribution in [1.82, 2.24) is 20.2 Å². The lowest BCUT2D eigenvalue weighted by Crippen LogP contribution is -2.49. The molecule has 0 spiro atoms. The summed E-state index contributed by atoms with van der Waals surface area (Å²) in [5.41, 5.74) is -0.0524. The molecule has 1 N–H and O–H groups in total. The number of hydrogen-bond donors (Lipinski definition) is 1. The third kappa shape index (κ3) is 7.32. The zero-order valence-electron chi connectivity index (χ0n) is 19.6. The van der Waals surface area contributed by atoms with Gasteiger partial charge in [-0.3, -0.25) is 14.7 Å². The molecule has 4 heterocycles. The highest BCUT2D eigenvalue weighted by Crippen LogP contribution is 2.29. The normalized spacial score (nSPS) is 20.0. The number of piperidine rings is 2. The molecule has 0 aromatic carbocycles. The predicted molar refractivity (Wildman–Crippen MR) is 124 cm³/mol. The number of hydrogen-bond acceptors (Lipinski definition) is 7. The van der Waals surface area contributed by atoms with Gasteiger partial charge in [-0.15, -0.1) is 0 Å². The van der Waals surface area contributed by atoms with E-state index in [1.807, 2.05) is 0 Å². The van der Waals surface area contributed by atoms with Gasteiger partial charge in [0.2, 0.25) is 0 Å². The van der Waals surface area contributed by atoms with Crippen LogP contribution < -0.4 is 10.2 Å². The Bertz CT molecular complexity index is 1030. The van der Waals surface area contributed by atoms with Crippen molar-refractivity contribution >= 4 is 22.4 Å². The molecular weight excluding hydrogens is 505 g/mol. The highest BCUT2D eigenvalue weighted by Gasteiger charge is 2.32. The molecule has 2 aromatic rings. The number of rotatable bonds is 8. The second-order valence-electron chi connectivity index (χ2n) is 9.12. The first kappa shape index (κ1) is 26.7. The number of anilines is 1. The molecule has 1 amide bonds. The number of thiazole rings is 1. The fraction of sp³-hybridized carbons (Fsp3) is 0.609. The molecule has 2 aromatic heterocycles. The van der Waals surface area contributed by atoms with Crippen molar-refractivity contribution in [1.29, 1.82) is 0 Å². The maximum Gasteiger partial charge on any atom is 0.411 e. The lowest BCUT2D eigenvalue weighted by atomic mass is 9.94. The quantitative estimate of drug-likeness (QED) is 0.518. The van der Waals surface area contributed by atoms with Gasteiger partial charge >= 0.3 is 6.18 Å². The Kier molecular flexibility index (Phi) is 8.73. The summed E-state index contributed by atoms with van der Waals surface area (Å²) in [4.78, 5) is 25.3. The molecule has 2 fully saturated rings. The summed E-state index contributed by atoms with van der Waals surface area (Å²) in [6.07, 6.45) is 1.69. The first-order chi connectivity index (χ1) is 17.2. The number of pyridine rings is 1. The summed E-state index contributed by atoms with van der Waals surface area (Å²) in [6.45, 7) is 1.96. The number of carbonyl (C=O) groups excluding carboxylic acids is 1. The summed E-state index contributed by atoms with van der Waals surface area (Å²) in [7, 11) is 0. The molecule has 36 heavy (non-hydrogen) atoms. The number of carbonyl (C=O) groups is 1. The molecule has 2 aliphatic heterocycles. The number of ether oxygens (including phenoxy) is 1. The van der Waals surface area contributed by atoms with Gasteiger partial charge < -0.3 is 15.0 Å². The standard InChI is InChI=1S/C23H28F5N5O2S/c24-16-8-18(25)19(29-9-16)10-30-21(34)20-11-31-22(36-20)32-6-3-17(4-7-32)33-5-1-2-15(12-33)13-35-14-23(26,27)28/h8-9,11,15,17H,1-7,10,12-14H2,(H,30,34)/t15-/m0/s1. The third-order valence-corrected chi connectivity index (χ3v) is 7.50. The van der Waals surface area contributed by atoms with Gasteiger partial charge in [0.1, 0.15) is 23.1 Å². The maximum atomic E-state index is 13.7. The van der Waals surface area contributed by atoms with Crippen LogP contribution >= 0.6 is 11.3 Å². The van der Waals surface area contributed by atoms with Crippen LogP contribution in [0, 0.1) is 17.6 Å². The number of nitrogens with one attached hydrogen (secondary N) is 1.